The maximum absolute atomic E-state index is 6.85. The van der Waals surface area contributed by atoms with Crippen molar-refractivity contribution < 1.29 is 4.74 Å². The Kier molecular flexibility index (Phi) is 5.83. The lowest BCUT2D eigenvalue weighted by Gasteiger charge is -2.40. The summed E-state index contributed by atoms with van der Waals surface area (Å²) >= 11 is 0. The van der Waals surface area contributed by atoms with Gasteiger partial charge in [0.1, 0.15) is 11.5 Å². The van der Waals surface area contributed by atoms with E-state index in [4.69, 9.17) is 4.74 Å². The SMILES string of the molecule is c1ccc2c(c1)Oc1ccc3ccccc3c1C21c2ccc(-n3c4ccccc4c4ccccc43)cc2-c2cc(-n3c4ccccc4c4ccccc43)ccc21. The lowest BCUT2D eigenvalue weighted by atomic mass is 9.65. The zero-order valence-electron chi connectivity index (χ0n) is 30.3. The van der Waals surface area contributed by atoms with Gasteiger partial charge in [0, 0.05) is 44.0 Å². The summed E-state index contributed by atoms with van der Waals surface area (Å²) in [6.45, 7) is 0. The number of benzene rings is 9. The highest BCUT2D eigenvalue weighted by atomic mass is 16.5. The minimum Gasteiger partial charge on any atom is -0.457 e. The summed E-state index contributed by atoms with van der Waals surface area (Å²) in [5.41, 5.74) is 13.8. The minimum absolute atomic E-state index is 0.617. The number of aromatic nitrogens is 2. The predicted octanol–water partition coefficient (Wildman–Crippen LogP) is 13.5. The van der Waals surface area contributed by atoms with Gasteiger partial charge >= 0.3 is 0 Å². The molecule has 0 bridgehead atoms. The summed E-state index contributed by atoms with van der Waals surface area (Å²) in [6, 6.07) is 71.3. The molecule has 0 saturated carbocycles. The van der Waals surface area contributed by atoms with Gasteiger partial charge in [0.05, 0.1) is 27.5 Å². The van der Waals surface area contributed by atoms with Crippen LogP contribution in [-0.2, 0) is 5.41 Å². The molecule has 3 heteroatoms. The topological polar surface area (TPSA) is 19.1 Å². The van der Waals surface area contributed by atoms with Crippen molar-refractivity contribution in [2.75, 3.05) is 0 Å². The number of hydrogen-bond donors (Lipinski definition) is 0. The van der Waals surface area contributed by atoms with Gasteiger partial charge in [-0.15, -0.1) is 0 Å². The van der Waals surface area contributed by atoms with Crippen molar-refractivity contribution in [3.05, 3.63) is 216 Å². The van der Waals surface area contributed by atoms with E-state index in [-0.39, 0.29) is 0 Å². The van der Waals surface area contributed by atoms with Crippen molar-refractivity contribution in [3.8, 4) is 34.0 Å². The van der Waals surface area contributed by atoms with Crippen LogP contribution in [0.2, 0.25) is 0 Å². The zero-order chi connectivity index (χ0) is 36.5. The molecular weight excluding hydrogens is 681 g/mol. The minimum atomic E-state index is -0.617. The molecule has 1 aliphatic heterocycles. The van der Waals surface area contributed by atoms with Crippen LogP contribution >= 0.6 is 0 Å². The van der Waals surface area contributed by atoms with Gasteiger partial charge in [-0.2, -0.15) is 0 Å². The molecule has 2 aliphatic rings. The van der Waals surface area contributed by atoms with Gasteiger partial charge in [0.2, 0.25) is 0 Å². The number of rotatable bonds is 2. The second-order valence-corrected chi connectivity index (χ2v) is 15.2. The molecule has 0 saturated heterocycles. The highest BCUT2D eigenvalue weighted by molar-refractivity contribution is 6.11. The van der Waals surface area contributed by atoms with E-state index in [1.165, 1.54) is 82.2 Å². The van der Waals surface area contributed by atoms with E-state index in [1.54, 1.807) is 0 Å². The van der Waals surface area contributed by atoms with Gasteiger partial charge in [-0.3, -0.25) is 0 Å². The first kappa shape index (κ1) is 30.0. The van der Waals surface area contributed by atoms with Crippen molar-refractivity contribution in [2.24, 2.45) is 0 Å². The summed E-state index contributed by atoms with van der Waals surface area (Å²) < 4.78 is 11.7. The molecule has 0 unspecified atom stereocenters. The number of hydrogen-bond acceptors (Lipinski definition) is 1. The second kappa shape index (κ2) is 10.9. The van der Waals surface area contributed by atoms with Gasteiger partial charge < -0.3 is 13.9 Å². The van der Waals surface area contributed by atoms with Crippen molar-refractivity contribution in [1.29, 1.82) is 0 Å². The standard InChI is InChI=1S/C53H32N2O/c1-2-14-36-33(13-1)25-30-51-52(36)53(45-19-7-12-24-50(45)56-51)43-28-26-34(54-46-20-8-3-15-37(46)38-16-4-9-21-47(38)54)31-41(43)42-32-35(27-29-44(42)53)55-48-22-10-5-17-39(48)40-18-6-11-23-49(40)55/h1-32H. The molecule has 0 fully saturated rings. The Morgan fingerprint density at radius 2 is 0.786 bits per heavy atom. The van der Waals surface area contributed by atoms with Gasteiger partial charge in [0.15, 0.2) is 0 Å². The Hall–Kier alpha value is -7.36. The van der Waals surface area contributed by atoms with Gasteiger partial charge in [0.25, 0.3) is 0 Å². The first-order valence-corrected chi connectivity index (χ1v) is 19.4. The van der Waals surface area contributed by atoms with Gasteiger partial charge in [-0.05, 0) is 93.7 Å². The average Bonchev–Trinajstić information content (AvgIpc) is 3.88. The highest BCUT2D eigenvalue weighted by Crippen LogP contribution is 2.64. The van der Waals surface area contributed by atoms with Crippen LogP contribution in [-0.4, -0.2) is 9.13 Å². The van der Waals surface area contributed by atoms with Gasteiger partial charge in [-0.25, -0.2) is 0 Å². The maximum Gasteiger partial charge on any atom is 0.132 e. The van der Waals surface area contributed by atoms with Crippen LogP contribution in [0.4, 0.5) is 0 Å². The molecule has 3 heterocycles. The monoisotopic (exact) mass is 712 g/mol. The summed E-state index contributed by atoms with van der Waals surface area (Å²) in [7, 11) is 0. The zero-order valence-corrected chi connectivity index (χ0v) is 30.3. The number of fused-ring (bicyclic) bond motifs is 17. The van der Waals surface area contributed by atoms with E-state index < -0.39 is 5.41 Å². The Morgan fingerprint density at radius 3 is 1.32 bits per heavy atom. The number of ether oxygens (including phenoxy) is 1. The van der Waals surface area contributed by atoms with Crippen LogP contribution < -0.4 is 4.74 Å². The quantitative estimate of drug-likeness (QED) is 0.175. The molecule has 0 amide bonds. The molecule has 0 atom stereocenters. The fraction of sp³-hybridized carbons (Fsp3) is 0.0189. The third-order valence-electron chi connectivity index (χ3n) is 12.6. The van der Waals surface area contributed by atoms with E-state index in [0.29, 0.717) is 0 Å². The van der Waals surface area contributed by atoms with Crippen molar-refractivity contribution in [3.63, 3.8) is 0 Å². The van der Waals surface area contributed by atoms with E-state index in [9.17, 15) is 0 Å². The maximum atomic E-state index is 6.85. The normalized spacial score (nSPS) is 13.6. The average molecular weight is 713 g/mol. The summed E-state index contributed by atoms with van der Waals surface area (Å²) in [5.74, 6) is 1.80. The molecular formula is C53H32N2O. The predicted molar refractivity (Wildman–Crippen MR) is 230 cm³/mol. The fourth-order valence-electron chi connectivity index (χ4n) is 10.4. The van der Waals surface area contributed by atoms with Gasteiger partial charge in [-0.1, -0.05) is 133 Å². The molecule has 260 valence electrons. The summed E-state index contributed by atoms with van der Waals surface area (Å²) in [6.07, 6.45) is 0. The Bertz CT molecular complexity index is 3200. The lowest BCUT2D eigenvalue weighted by molar-refractivity contribution is 0.438. The molecule has 0 radical (unpaired) electrons. The highest BCUT2D eigenvalue weighted by Gasteiger charge is 2.52. The lowest BCUT2D eigenvalue weighted by Crippen LogP contribution is -2.32. The Labute approximate surface area is 322 Å². The van der Waals surface area contributed by atoms with Crippen LogP contribution in [0.1, 0.15) is 22.3 Å². The van der Waals surface area contributed by atoms with Crippen LogP contribution in [0.25, 0.3) is 76.9 Å². The van der Waals surface area contributed by atoms with Crippen LogP contribution in [0.15, 0.2) is 194 Å². The largest absolute Gasteiger partial charge is 0.457 e. The van der Waals surface area contributed by atoms with Crippen molar-refractivity contribution in [1.82, 2.24) is 9.13 Å². The molecule has 11 aromatic rings. The molecule has 13 rings (SSSR count). The summed E-state index contributed by atoms with van der Waals surface area (Å²) in [5, 5.41) is 7.44. The summed E-state index contributed by atoms with van der Waals surface area (Å²) in [4.78, 5) is 0. The van der Waals surface area contributed by atoms with Crippen LogP contribution in [0.3, 0.4) is 0 Å². The first-order chi connectivity index (χ1) is 27.8. The first-order valence-electron chi connectivity index (χ1n) is 19.4. The number of nitrogens with zero attached hydrogens (tertiary/aromatic N) is 2. The molecule has 9 aromatic carbocycles. The smallest absolute Gasteiger partial charge is 0.132 e. The van der Waals surface area contributed by atoms with E-state index in [1.807, 2.05) is 0 Å². The second-order valence-electron chi connectivity index (χ2n) is 15.2. The third kappa shape index (κ3) is 3.72. The van der Waals surface area contributed by atoms with Crippen molar-refractivity contribution in [2.45, 2.75) is 5.41 Å². The molecule has 1 aliphatic carbocycles. The Balaban J connectivity index is 1.18. The molecule has 3 nitrogen and oxygen atoms in total. The van der Waals surface area contributed by atoms with Crippen LogP contribution in [0.5, 0.6) is 11.5 Å². The molecule has 0 N–H and O–H groups in total. The third-order valence-corrected chi connectivity index (χ3v) is 12.6. The fourth-order valence-corrected chi connectivity index (χ4v) is 10.4. The van der Waals surface area contributed by atoms with E-state index in [2.05, 4.69) is 203 Å². The molecule has 56 heavy (non-hydrogen) atoms. The van der Waals surface area contributed by atoms with E-state index in [0.717, 1.165) is 28.4 Å². The van der Waals surface area contributed by atoms with Crippen LogP contribution in [0, 0.1) is 0 Å². The Morgan fingerprint density at radius 1 is 0.339 bits per heavy atom. The van der Waals surface area contributed by atoms with E-state index >= 15 is 0 Å². The molecule has 1 spiro atoms. The molecule has 2 aromatic heterocycles. The number of para-hydroxylation sites is 5. The van der Waals surface area contributed by atoms with Crippen molar-refractivity contribution >= 4 is 54.4 Å².